The Balaban J connectivity index is 1.58. The number of hydrogen-bond donors (Lipinski definition) is 0. The van der Waals surface area contributed by atoms with Crippen LogP contribution >= 0.6 is 0 Å². The molecule has 0 saturated heterocycles. The molecule has 2 aromatic heterocycles. The van der Waals surface area contributed by atoms with Crippen molar-refractivity contribution in [1.82, 2.24) is 19.7 Å². The molecule has 0 unspecified atom stereocenters. The zero-order valence-electron chi connectivity index (χ0n) is 14.7. The molecular weight excluding hydrogens is 335 g/mol. The molecule has 0 fully saturated rings. The quantitative estimate of drug-likeness (QED) is 0.725. The number of benzene rings is 1. The molecule has 3 aromatic rings. The third-order valence-corrected chi connectivity index (χ3v) is 4.66. The van der Waals surface area contributed by atoms with Crippen LogP contribution < -0.4 is 0 Å². The summed E-state index contributed by atoms with van der Waals surface area (Å²) in [6, 6.07) is 6.16. The first-order valence-electron chi connectivity index (χ1n) is 8.51. The fraction of sp³-hybridized carbons (Fsp3) is 0.316. The van der Waals surface area contributed by atoms with Gasteiger partial charge in [-0.15, -0.1) is 0 Å². The van der Waals surface area contributed by atoms with Crippen molar-refractivity contribution in [3.8, 4) is 11.6 Å². The van der Waals surface area contributed by atoms with Crippen molar-refractivity contribution in [1.29, 1.82) is 0 Å². The molecule has 1 aliphatic rings. The molecule has 1 aromatic carbocycles. The highest BCUT2D eigenvalue weighted by Gasteiger charge is 2.28. The molecule has 6 nitrogen and oxygen atoms in total. The van der Waals surface area contributed by atoms with Gasteiger partial charge in [0.15, 0.2) is 5.69 Å². The van der Waals surface area contributed by atoms with Gasteiger partial charge in [0.2, 0.25) is 11.8 Å². The van der Waals surface area contributed by atoms with E-state index in [0.717, 1.165) is 11.3 Å². The normalized spacial score (nSPS) is 13.7. The number of amides is 1. The van der Waals surface area contributed by atoms with E-state index in [1.54, 1.807) is 23.2 Å². The molecule has 26 heavy (non-hydrogen) atoms. The number of carbonyl (C=O) groups is 1. The Hall–Kier alpha value is -2.96. The summed E-state index contributed by atoms with van der Waals surface area (Å²) < 4.78 is 20.8. The van der Waals surface area contributed by atoms with Gasteiger partial charge in [-0.2, -0.15) is 5.10 Å². The van der Waals surface area contributed by atoms with Gasteiger partial charge in [0.05, 0.1) is 12.6 Å². The van der Waals surface area contributed by atoms with Crippen LogP contribution in [0.2, 0.25) is 0 Å². The largest absolute Gasteiger partial charge is 0.440 e. The van der Waals surface area contributed by atoms with Crippen LogP contribution in [0.3, 0.4) is 0 Å². The molecule has 4 rings (SSSR count). The number of nitrogens with zero attached hydrogens (tertiary/aromatic N) is 4. The van der Waals surface area contributed by atoms with Gasteiger partial charge in [-0.05, 0) is 24.6 Å². The third-order valence-electron chi connectivity index (χ3n) is 4.66. The van der Waals surface area contributed by atoms with Crippen LogP contribution in [0.5, 0.6) is 0 Å². The summed E-state index contributed by atoms with van der Waals surface area (Å²) in [6.45, 7) is 2.90. The van der Waals surface area contributed by atoms with Gasteiger partial charge in [0.25, 0.3) is 0 Å². The fourth-order valence-corrected chi connectivity index (χ4v) is 3.37. The molecule has 3 heterocycles. The summed E-state index contributed by atoms with van der Waals surface area (Å²) in [5.74, 6) is 0.831. The maximum absolute atomic E-state index is 13.3. The molecule has 7 heteroatoms. The van der Waals surface area contributed by atoms with E-state index in [1.165, 1.54) is 12.1 Å². The van der Waals surface area contributed by atoms with Crippen molar-refractivity contribution in [3.63, 3.8) is 0 Å². The summed E-state index contributed by atoms with van der Waals surface area (Å²) in [4.78, 5) is 18.7. The molecule has 0 atom stereocenters. The molecule has 1 aliphatic heterocycles. The predicted octanol–water partition coefficient (Wildman–Crippen LogP) is 2.65. The van der Waals surface area contributed by atoms with Crippen molar-refractivity contribution in [3.05, 3.63) is 58.9 Å². The number of carbonyl (C=O) groups excluding carboxylic acids is 1. The van der Waals surface area contributed by atoms with E-state index < -0.39 is 0 Å². The van der Waals surface area contributed by atoms with E-state index in [0.29, 0.717) is 42.4 Å². The van der Waals surface area contributed by atoms with Gasteiger partial charge < -0.3 is 9.32 Å². The average molecular weight is 354 g/mol. The first-order valence-corrected chi connectivity index (χ1v) is 8.51. The average Bonchev–Trinajstić information content (AvgIpc) is 3.18. The number of rotatable bonds is 3. The van der Waals surface area contributed by atoms with Crippen molar-refractivity contribution in [2.24, 2.45) is 7.05 Å². The van der Waals surface area contributed by atoms with E-state index >= 15 is 0 Å². The van der Waals surface area contributed by atoms with Crippen molar-refractivity contribution in [2.75, 3.05) is 6.54 Å². The summed E-state index contributed by atoms with van der Waals surface area (Å²) in [5, 5.41) is 4.54. The second-order valence-corrected chi connectivity index (χ2v) is 6.55. The minimum absolute atomic E-state index is 0.0281. The number of aryl methyl sites for hydroxylation is 2. The molecule has 0 radical (unpaired) electrons. The second kappa shape index (κ2) is 6.40. The van der Waals surface area contributed by atoms with E-state index in [4.69, 9.17) is 4.42 Å². The molecule has 0 bridgehead atoms. The first-order chi connectivity index (χ1) is 12.5. The number of halogens is 1. The smallest absolute Gasteiger partial charge is 0.247 e. The lowest BCUT2D eigenvalue weighted by Gasteiger charge is -2.27. The summed E-state index contributed by atoms with van der Waals surface area (Å²) in [6.07, 6.45) is 2.56. The van der Waals surface area contributed by atoms with E-state index in [-0.39, 0.29) is 18.1 Å². The fourth-order valence-electron chi connectivity index (χ4n) is 3.37. The van der Waals surface area contributed by atoms with Gasteiger partial charge >= 0.3 is 0 Å². The van der Waals surface area contributed by atoms with Crippen molar-refractivity contribution in [2.45, 2.75) is 26.3 Å². The van der Waals surface area contributed by atoms with Gasteiger partial charge in [-0.25, -0.2) is 9.37 Å². The van der Waals surface area contributed by atoms with Crippen LogP contribution in [-0.4, -0.2) is 32.1 Å². The van der Waals surface area contributed by atoms with Crippen LogP contribution in [0, 0.1) is 12.7 Å². The Bertz CT molecular complexity index is 976. The molecule has 134 valence electrons. The van der Waals surface area contributed by atoms with Gasteiger partial charge in [0, 0.05) is 37.8 Å². The molecule has 0 saturated carbocycles. The Morgan fingerprint density at radius 1 is 1.38 bits per heavy atom. The number of fused-ring (bicyclic) bond motifs is 1. The topological polar surface area (TPSA) is 64.2 Å². The lowest BCUT2D eigenvalue weighted by Crippen LogP contribution is -2.37. The summed E-state index contributed by atoms with van der Waals surface area (Å²) >= 11 is 0. The Morgan fingerprint density at radius 2 is 2.23 bits per heavy atom. The zero-order valence-corrected chi connectivity index (χ0v) is 14.7. The Labute approximate surface area is 150 Å². The highest BCUT2D eigenvalue weighted by Crippen LogP contribution is 2.29. The monoisotopic (exact) mass is 354 g/mol. The lowest BCUT2D eigenvalue weighted by atomic mass is 10.0. The predicted molar refractivity (Wildman–Crippen MR) is 92.7 cm³/mol. The SMILES string of the molecule is Cc1cnc(-c2nn(C)c3c2CN(C(=O)Cc2cccc(F)c2)CC3)o1. The minimum Gasteiger partial charge on any atom is -0.440 e. The summed E-state index contributed by atoms with van der Waals surface area (Å²) in [7, 11) is 1.89. The maximum Gasteiger partial charge on any atom is 0.247 e. The number of aromatic nitrogens is 3. The third kappa shape index (κ3) is 3.00. The van der Waals surface area contributed by atoms with Crippen LogP contribution in [-0.2, 0) is 31.2 Å². The van der Waals surface area contributed by atoms with Crippen LogP contribution in [0.1, 0.15) is 22.6 Å². The van der Waals surface area contributed by atoms with Crippen molar-refractivity contribution < 1.29 is 13.6 Å². The van der Waals surface area contributed by atoms with Gasteiger partial charge in [-0.1, -0.05) is 12.1 Å². The molecule has 0 aliphatic carbocycles. The van der Waals surface area contributed by atoms with Gasteiger partial charge in [0.1, 0.15) is 11.6 Å². The highest BCUT2D eigenvalue weighted by molar-refractivity contribution is 5.79. The standard InChI is InChI=1S/C19H19FN4O2/c1-12-10-21-19(26-12)18-15-11-24(7-6-16(15)23(2)22-18)17(25)9-13-4-3-5-14(20)8-13/h3-5,8,10H,6-7,9,11H2,1-2H3. The lowest BCUT2D eigenvalue weighted by molar-refractivity contribution is -0.131. The Morgan fingerprint density at radius 3 is 2.96 bits per heavy atom. The van der Waals surface area contributed by atoms with E-state index in [2.05, 4.69) is 10.1 Å². The van der Waals surface area contributed by atoms with Gasteiger partial charge in [-0.3, -0.25) is 9.48 Å². The van der Waals surface area contributed by atoms with E-state index in [9.17, 15) is 9.18 Å². The van der Waals surface area contributed by atoms with Crippen LogP contribution in [0.4, 0.5) is 4.39 Å². The molecule has 1 amide bonds. The minimum atomic E-state index is -0.329. The molecule has 0 spiro atoms. The van der Waals surface area contributed by atoms with Crippen LogP contribution in [0.15, 0.2) is 34.9 Å². The molecular formula is C19H19FN4O2. The van der Waals surface area contributed by atoms with E-state index in [1.807, 2.05) is 18.7 Å². The zero-order chi connectivity index (χ0) is 18.3. The highest BCUT2D eigenvalue weighted by atomic mass is 19.1. The first kappa shape index (κ1) is 16.5. The second-order valence-electron chi connectivity index (χ2n) is 6.55. The molecule has 0 N–H and O–H groups in total. The number of hydrogen-bond acceptors (Lipinski definition) is 4. The van der Waals surface area contributed by atoms with Crippen LogP contribution in [0.25, 0.3) is 11.6 Å². The van der Waals surface area contributed by atoms with Crippen molar-refractivity contribution >= 4 is 5.91 Å². The maximum atomic E-state index is 13.3. The Kier molecular flexibility index (Phi) is 4.06. The number of oxazole rings is 1. The summed E-state index contributed by atoms with van der Waals surface area (Å²) in [5.41, 5.74) is 3.41.